The molecule has 2 aromatic heterocycles. The first-order chi connectivity index (χ1) is 10.1. The molecule has 0 spiro atoms. The van der Waals surface area contributed by atoms with E-state index < -0.39 is 5.97 Å². The van der Waals surface area contributed by atoms with Crippen LogP contribution in [-0.4, -0.2) is 20.9 Å². The smallest absolute Gasteiger partial charge is 0.345 e. The number of carboxylic acids is 1. The van der Waals surface area contributed by atoms with Crippen LogP contribution in [0, 0.1) is 5.82 Å². The Bertz CT molecular complexity index is 864. The van der Waals surface area contributed by atoms with Crippen LogP contribution >= 0.6 is 11.3 Å². The Hall–Kier alpha value is -2.21. The zero-order valence-electron chi connectivity index (χ0n) is 10.9. The fraction of sp³-hybridized carbons (Fsp3) is 0.200. The summed E-state index contributed by atoms with van der Waals surface area (Å²) in [5, 5.41) is 14.6. The number of rotatable bonds is 3. The van der Waals surface area contributed by atoms with Crippen molar-refractivity contribution in [3.63, 3.8) is 0 Å². The second-order valence-electron chi connectivity index (χ2n) is 5.19. The summed E-state index contributed by atoms with van der Waals surface area (Å²) in [6.07, 6.45) is 2.15. The van der Waals surface area contributed by atoms with Crippen LogP contribution in [0.4, 0.5) is 4.39 Å². The fourth-order valence-corrected chi connectivity index (χ4v) is 3.45. The molecule has 0 atom stereocenters. The highest BCUT2D eigenvalue weighted by molar-refractivity contribution is 7.20. The van der Waals surface area contributed by atoms with Gasteiger partial charge >= 0.3 is 5.97 Å². The third kappa shape index (κ3) is 2.03. The lowest BCUT2D eigenvalue weighted by atomic mass is 10.2. The van der Waals surface area contributed by atoms with Gasteiger partial charge in [-0.15, -0.1) is 11.3 Å². The van der Waals surface area contributed by atoms with Gasteiger partial charge in [-0.05, 0) is 37.1 Å². The van der Waals surface area contributed by atoms with E-state index in [1.165, 1.54) is 23.5 Å². The van der Waals surface area contributed by atoms with Crippen molar-refractivity contribution in [2.24, 2.45) is 0 Å². The van der Waals surface area contributed by atoms with Crippen LogP contribution in [0.3, 0.4) is 0 Å². The van der Waals surface area contributed by atoms with Crippen molar-refractivity contribution < 1.29 is 14.3 Å². The van der Waals surface area contributed by atoms with Gasteiger partial charge in [0, 0.05) is 11.3 Å². The first-order valence-corrected chi connectivity index (χ1v) is 7.47. The number of carbonyl (C=O) groups is 1. The van der Waals surface area contributed by atoms with Gasteiger partial charge in [-0.25, -0.2) is 13.9 Å². The standard InChI is InChI=1S/C15H11FN2O2S/c16-9-2-1-3-10(6-9)18-14-11(7-12(21-14)15(19)20)13(17-18)8-4-5-8/h1-3,6-8H,4-5H2,(H,19,20). The maximum absolute atomic E-state index is 13.4. The average molecular weight is 302 g/mol. The quantitative estimate of drug-likeness (QED) is 0.800. The molecule has 0 amide bonds. The molecule has 6 heteroatoms. The van der Waals surface area contributed by atoms with Gasteiger partial charge in [0.25, 0.3) is 0 Å². The summed E-state index contributed by atoms with van der Waals surface area (Å²) in [7, 11) is 0. The summed E-state index contributed by atoms with van der Waals surface area (Å²) in [4.78, 5) is 12.2. The van der Waals surface area contributed by atoms with Gasteiger partial charge in [0.1, 0.15) is 15.5 Å². The Balaban J connectivity index is 1.97. The van der Waals surface area contributed by atoms with E-state index in [2.05, 4.69) is 5.10 Å². The molecule has 0 aliphatic heterocycles. The van der Waals surface area contributed by atoms with Crippen molar-refractivity contribution in [2.75, 3.05) is 0 Å². The van der Waals surface area contributed by atoms with Gasteiger partial charge in [0.2, 0.25) is 0 Å². The first kappa shape index (κ1) is 12.5. The number of fused-ring (bicyclic) bond motifs is 1. The number of carboxylic acid groups (broad SMARTS) is 1. The summed E-state index contributed by atoms with van der Waals surface area (Å²) in [5.41, 5.74) is 1.55. The van der Waals surface area contributed by atoms with E-state index in [1.807, 2.05) is 0 Å². The molecule has 1 saturated carbocycles. The lowest BCUT2D eigenvalue weighted by Crippen LogP contribution is -1.97. The number of thiophene rings is 1. The number of nitrogens with zero attached hydrogens (tertiary/aromatic N) is 2. The molecule has 2 heterocycles. The maximum atomic E-state index is 13.4. The monoisotopic (exact) mass is 302 g/mol. The summed E-state index contributed by atoms with van der Waals surface area (Å²) in [5.74, 6) is -0.874. The van der Waals surface area contributed by atoms with Crippen molar-refractivity contribution in [3.05, 3.63) is 46.7 Å². The number of aromatic nitrogens is 2. The first-order valence-electron chi connectivity index (χ1n) is 6.65. The third-order valence-corrected chi connectivity index (χ3v) is 4.71. The molecule has 1 aliphatic carbocycles. The molecule has 106 valence electrons. The Labute approximate surface area is 123 Å². The minimum absolute atomic E-state index is 0.287. The van der Waals surface area contributed by atoms with Gasteiger partial charge < -0.3 is 5.11 Å². The normalized spacial score (nSPS) is 14.7. The lowest BCUT2D eigenvalue weighted by molar-refractivity contribution is 0.0702. The van der Waals surface area contributed by atoms with E-state index in [-0.39, 0.29) is 10.7 Å². The van der Waals surface area contributed by atoms with Crippen molar-refractivity contribution >= 4 is 27.5 Å². The fourth-order valence-electron chi connectivity index (χ4n) is 2.48. The largest absolute Gasteiger partial charge is 0.477 e. The summed E-state index contributed by atoms with van der Waals surface area (Å²) in [6, 6.07) is 7.86. The molecule has 1 aliphatic rings. The molecule has 0 saturated heterocycles. The van der Waals surface area contributed by atoms with Gasteiger partial charge in [-0.3, -0.25) is 0 Å². The van der Waals surface area contributed by atoms with E-state index in [4.69, 9.17) is 0 Å². The molecule has 3 aromatic rings. The van der Waals surface area contributed by atoms with Crippen LogP contribution in [-0.2, 0) is 0 Å². The van der Waals surface area contributed by atoms with E-state index in [9.17, 15) is 14.3 Å². The minimum Gasteiger partial charge on any atom is -0.477 e. The zero-order valence-corrected chi connectivity index (χ0v) is 11.7. The molecule has 1 N–H and O–H groups in total. The number of aromatic carboxylic acids is 1. The molecule has 1 fully saturated rings. The van der Waals surface area contributed by atoms with Gasteiger partial charge in [0.15, 0.2) is 0 Å². The second kappa shape index (κ2) is 4.39. The molecular weight excluding hydrogens is 291 g/mol. The van der Waals surface area contributed by atoms with Gasteiger partial charge in [0.05, 0.1) is 11.4 Å². The molecule has 21 heavy (non-hydrogen) atoms. The van der Waals surface area contributed by atoms with Crippen molar-refractivity contribution in [3.8, 4) is 5.69 Å². The van der Waals surface area contributed by atoms with Crippen LogP contribution in [0.5, 0.6) is 0 Å². The molecule has 4 nitrogen and oxygen atoms in total. The minimum atomic E-state index is -0.941. The molecule has 0 unspecified atom stereocenters. The van der Waals surface area contributed by atoms with E-state index in [0.717, 1.165) is 28.8 Å². The van der Waals surface area contributed by atoms with E-state index >= 15 is 0 Å². The van der Waals surface area contributed by atoms with Crippen LogP contribution in [0.2, 0.25) is 0 Å². The highest BCUT2D eigenvalue weighted by atomic mass is 32.1. The molecule has 0 radical (unpaired) electrons. The van der Waals surface area contributed by atoms with Gasteiger partial charge in [-0.2, -0.15) is 5.10 Å². The van der Waals surface area contributed by atoms with E-state index in [1.54, 1.807) is 22.9 Å². The number of benzene rings is 1. The molecule has 4 rings (SSSR count). The Kier molecular flexibility index (Phi) is 2.62. The average Bonchev–Trinajstić information content (AvgIpc) is 3.08. The molecular formula is C15H11FN2O2S. The second-order valence-corrected chi connectivity index (χ2v) is 6.22. The Morgan fingerprint density at radius 3 is 2.86 bits per heavy atom. The number of hydrogen-bond donors (Lipinski definition) is 1. The maximum Gasteiger partial charge on any atom is 0.345 e. The van der Waals surface area contributed by atoms with Crippen molar-refractivity contribution in [1.29, 1.82) is 0 Å². The van der Waals surface area contributed by atoms with E-state index in [0.29, 0.717) is 11.6 Å². The number of hydrogen-bond acceptors (Lipinski definition) is 3. The topological polar surface area (TPSA) is 55.1 Å². The summed E-state index contributed by atoms with van der Waals surface area (Å²) < 4.78 is 15.1. The van der Waals surface area contributed by atoms with Crippen molar-refractivity contribution in [2.45, 2.75) is 18.8 Å². The van der Waals surface area contributed by atoms with Crippen LogP contribution in [0.1, 0.15) is 34.1 Å². The Morgan fingerprint density at radius 2 is 2.19 bits per heavy atom. The summed E-state index contributed by atoms with van der Waals surface area (Å²) in [6.45, 7) is 0. The zero-order chi connectivity index (χ0) is 14.6. The van der Waals surface area contributed by atoms with Gasteiger partial charge in [-0.1, -0.05) is 6.07 Å². The van der Waals surface area contributed by atoms with Crippen molar-refractivity contribution in [1.82, 2.24) is 9.78 Å². The number of halogens is 1. The third-order valence-electron chi connectivity index (χ3n) is 3.62. The van der Waals surface area contributed by atoms with Crippen LogP contribution < -0.4 is 0 Å². The molecule has 0 bridgehead atoms. The predicted octanol–water partition coefficient (Wildman–Crippen LogP) is 3.80. The van der Waals surface area contributed by atoms with Crippen LogP contribution in [0.25, 0.3) is 15.9 Å². The molecule has 1 aromatic carbocycles. The predicted molar refractivity (Wildman–Crippen MR) is 77.8 cm³/mol. The SMILES string of the molecule is O=C(O)c1cc2c(C3CC3)nn(-c3cccc(F)c3)c2s1. The van der Waals surface area contributed by atoms with Crippen LogP contribution in [0.15, 0.2) is 30.3 Å². The lowest BCUT2D eigenvalue weighted by Gasteiger charge is -2.02. The highest BCUT2D eigenvalue weighted by Crippen LogP contribution is 2.44. The summed E-state index contributed by atoms with van der Waals surface area (Å²) >= 11 is 1.18. The Morgan fingerprint density at radius 1 is 1.38 bits per heavy atom. The highest BCUT2D eigenvalue weighted by Gasteiger charge is 2.30.